The summed E-state index contributed by atoms with van der Waals surface area (Å²) in [6.07, 6.45) is -0.351. The topological polar surface area (TPSA) is 46.0 Å². The fourth-order valence-corrected chi connectivity index (χ4v) is 5.17. The number of aryl methyl sites for hydroxylation is 1. The smallest absolute Gasteiger partial charge is 0.326 e. The van der Waals surface area contributed by atoms with Crippen LogP contribution in [0.3, 0.4) is 0 Å². The van der Waals surface area contributed by atoms with Crippen LogP contribution in [0, 0.1) is 6.92 Å². The Hall–Kier alpha value is -2.19. The Kier molecular flexibility index (Phi) is 5.38. The Morgan fingerprint density at radius 2 is 1.77 bits per heavy atom. The summed E-state index contributed by atoms with van der Waals surface area (Å²) in [5.74, 6) is 1.03. The number of alkyl halides is 3. The van der Waals surface area contributed by atoms with Gasteiger partial charge in [-0.15, -0.1) is 0 Å². The van der Waals surface area contributed by atoms with Crippen molar-refractivity contribution in [3.05, 3.63) is 35.3 Å². The fraction of sp³-hybridized carbons (Fsp3) is 0.565. The molecule has 5 rings (SSSR count). The maximum Gasteiger partial charge on any atom is 0.435 e. The number of aromatic nitrogens is 3. The van der Waals surface area contributed by atoms with Crippen LogP contribution in [0.2, 0.25) is 0 Å². The first-order valence-electron chi connectivity index (χ1n) is 11.2. The minimum absolute atomic E-state index is 0.00723. The number of fused-ring (bicyclic) bond motifs is 3. The van der Waals surface area contributed by atoms with Gasteiger partial charge in [0.1, 0.15) is 11.3 Å². The molecule has 31 heavy (non-hydrogen) atoms. The second-order valence-electron chi connectivity index (χ2n) is 8.82. The molecular formula is C23H28F3N5. The number of pyridine rings is 1. The highest BCUT2D eigenvalue weighted by Gasteiger charge is 2.38. The van der Waals surface area contributed by atoms with E-state index in [0.29, 0.717) is 17.6 Å². The number of nitrogens with one attached hydrogen (secondary N) is 1. The van der Waals surface area contributed by atoms with E-state index in [4.69, 9.17) is 0 Å². The number of piperazine rings is 1. The van der Waals surface area contributed by atoms with E-state index in [2.05, 4.69) is 24.8 Å². The molecule has 0 atom stereocenters. The zero-order valence-electron chi connectivity index (χ0n) is 17.8. The van der Waals surface area contributed by atoms with Gasteiger partial charge in [0, 0.05) is 50.6 Å². The number of hydrogen-bond donors (Lipinski definition) is 1. The third-order valence-electron chi connectivity index (χ3n) is 6.78. The quantitative estimate of drug-likeness (QED) is 0.662. The predicted octanol–water partition coefficient (Wildman–Crippen LogP) is 4.47. The number of imidazole rings is 1. The van der Waals surface area contributed by atoms with Crippen LogP contribution in [0.5, 0.6) is 0 Å². The number of benzene rings is 1. The third kappa shape index (κ3) is 3.80. The summed E-state index contributed by atoms with van der Waals surface area (Å²) in [6.45, 7) is 7.09. The van der Waals surface area contributed by atoms with Crippen molar-refractivity contribution in [1.82, 2.24) is 24.8 Å². The Morgan fingerprint density at radius 1 is 1.03 bits per heavy atom. The van der Waals surface area contributed by atoms with Gasteiger partial charge in [0.25, 0.3) is 0 Å². The molecule has 0 spiro atoms. The Morgan fingerprint density at radius 3 is 2.48 bits per heavy atom. The van der Waals surface area contributed by atoms with Crippen molar-refractivity contribution in [2.24, 2.45) is 0 Å². The van der Waals surface area contributed by atoms with Gasteiger partial charge in [-0.25, -0.2) is 9.97 Å². The number of nitrogens with zero attached hydrogens (tertiary/aromatic N) is 4. The number of hydrogen-bond acceptors (Lipinski definition) is 4. The second kappa shape index (κ2) is 8.06. The first kappa shape index (κ1) is 20.7. The van der Waals surface area contributed by atoms with Crippen LogP contribution in [0.1, 0.15) is 48.7 Å². The number of halogens is 3. The van der Waals surface area contributed by atoms with Crippen molar-refractivity contribution >= 4 is 21.9 Å². The van der Waals surface area contributed by atoms with Crippen LogP contribution in [0.15, 0.2) is 18.2 Å². The molecule has 166 valence electrons. The molecule has 8 heteroatoms. The van der Waals surface area contributed by atoms with E-state index in [0.717, 1.165) is 75.2 Å². The summed E-state index contributed by atoms with van der Waals surface area (Å²) < 4.78 is 44.2. The Balaban J connectivity index is 1.72. The van der Waals surface area contributed by atoms with Crippen LogP contribution in [0.4, 0.5) is 13.2 Å². The summed E-state index contributed by atoms with van der Waals surface area (Å²) in [7, 11) is 0. The molecule has 2 fully saturated rings. The SMILES string of the molecule is Cc1cccc2c1nc(C(F)(F)F)c1nc(C3CCCC3)n(CCN3CCNCC3)c12. The molecule has 1 saturated carbocycles. The van der Waals surface area contributed by atoms with E-state index < -0.39 is 11.9 Å². The van der Waals surface area contributed by atoms with Crippen molar-refractivity contribution in [2.75, 3.05) is 32.7 Å². The van der Waals surface area contributed by atoms with E-state index in [1.54, 1.807) is 0 Å². The molecule has 5 nitrogen and oxygen atoms in total. The first-order valence-corrected chi connectivity index (χ1v) is 11.2. The predicted molar refractivity (Wildman–Crippen MR) is 115 cm³/mol. The lowest BCUT2D eigenvalue weighted by Crippen LogP contribution is -2.44. The van der Waals surface area contributed by atoms with Gasteiger partial charge in [-0.2, -0.15) is 13.2 Å². The van der Waals surface area contributed by atoms with Gasteiger partial charge in [0.05, 0.1) is 11.0 Å². The van der Waals surface area contributed by atoms with E-state index in [-0.39, 0.29) is 11.4 Å². The van der Waals surface area contributed by atoms with E-state index in [9.17, 15) is 13.2 Å². The van der Waals surface area contributed by atoms with Gasteiger partial charge in [-0.3, -0.25) is 4.90 Å². The molecule has 1 N–H and O–H groups in total. The lowest BCUT2D eigenvalue weighted by molar-refractivity contribution is -0.139. The minimum Gasteiger partial charge on any atom is -0.326 e. The summed E-state index contributed by atoms with van der Waals surface area (Å²) >= 11 is 0. The number of rotatable bonds is 4. The molecule has 0 unspecified atom stereocenters. The molecular weight excluding hydrogens is 403 g/mol. The second-order valence-corrected chi connectivity index (χ2v) is 8.82. The molecule has 3 aromatic rings. The molecule has 1 aliphatic heterocycles. The highest BCUT2D eigenvalue weighted by Crippen LogP contribution is 2.41. The van der Waals surface area contributed by atoms with Crippen molar-refractivity contribution in [2.45, 2.75) is 51.2 Å². The standard InChI is InChI=1S/C23H28F3N5/c1-15-5-4-8-17-18(15)28-21(23(24,25)26)19-20(17)31(14-13-30-11-9-27-10-12-30)22(29-19)16-6-2-3-7-16/h4-5,8,16,27H,2-3,6-7,9-14H2,1H3. The zero-order valence-corrected chi connectivity index (χ0v) is 17.8. The molecule has 2 aromatic heterocycles. The molecule has 1 saturated heterocycles. The van der Waals surface area contributed by atoms with E-state index in [1.807, 2.05) is 25.1 Å². The van der Waals surface area contributed by atoms with Gasteiger partial charge >= 0.3 is 6.18 Å². The third-order valence-corrected chi connectivity index (χ3v) is 6.78. The summed E-state index contributed by atoms with van der Waals surface area (Å²) in [5.41, 5.74) is 0.918. The van der Waals surface area contributed by atoms with Crippen LogP contribution in [-0.4, -0.2) is 52.2 Å². The highest BCUT2D eigenvalue weighted by molar-refractivity contribution is 6.04. The molecule has 0 radical (unpaired) electrons. The maximum atomic E-state index is 14.0. The largest absolute Gasteiger partial charge is 0.435 e. The Labute approximate surface area is 179 Å². The lowest BCUT2D eigenvalue weighted by Gasteiger charge is -2.28. The fourth-order valence-electron chi connectivity index (χ4n) is 5.17. The molecule has 2 aliphatic rings. The molecule has 0 amide bonds. The Bertz CT molecular complexity index is 1090. The van der Waals surface area contributed by atoms with Crippen LogP contribution < -0.4 is 5.32 Å². The monoisotopic (exact) mass is 431 g/mol. The van der Waals surface area contributed by atoms with Gasteiger partial charge in [-0.05, 0) is 25.3 Å². The summed E-state index contributed by atoms with van der Waals surface area (Å²) in [4.78, 5) is 11.1. The van der Waals surface area contributed by atoms with Crippen molar-refractivity contribution in [3.8, 4) is 0 Å². The van der Waals surface area contributed by atoms with Crippen LogP contribution in [-0.2, 0) is 12.7 Å². The van der Waals surface area contributed by atoms with Gasteiger partial charge in [0.15, 0.2) is 5.69 Å². The van der Waals surface area contributed by atoms with Crippen LogP contribution in [0.25, 0.3) is 21.9 Å². The minimum atomic E-state index is -4.54. The number of para-hydroxylation sites is 1. The van der Waals surface area contributed by atoms with Crippen molar-refractivity contribution < 1.29 is 13.2 Å². The molecule has 3 heterocycles. The summed E-state index contributed by atoms with van der Waals surface area (Å²) in [6, 6.07) is 5.61. The lowest BCUT2D eigenvalue weighted by atomic mass is 10.1. The van der Waals surface area contributed by atoms with E-state index >= 15 is 0 Å². The van der Waals surface area contributed by atoms with Gasteiger partial charge in [-0.1, -0.05) is 31.0 Å². The average molecular weight is 432 g/mol. The zero-order chi connectivity index (χ0) is 21.6. The molecule has 1 aliphatic carbocycles. The first-order chi connectivity index (χ1) is 14.9. The highest BCUT2D eigenvalue weighted by atomic mass is 19.4. The molecule has 1 aromatic carbocycles. The normalized spacial score (nSPS) is 19.1. The summed E-state index contributed by atoms with van der Waals surface area (Å²) in [5, 5.41) is 4.12. The van der Waals surface area contributed by atoms with Crippen LogP contribution >= 0.6 is 0 Å². The van der Waals surface area contributed by atoms with Gasteiger partial charge < -0.3 is 9.88 Å². The molecule has 0 bridgehead atoms. The van der Waals surface area contributed by atoms with Crippen molar-refractivity contribution in [1.29, 1.82) is 0 Å². The van der Waals surface area contributed by atoms with Gasteiger partial charge in [0.2, 0.25) is 0 Å². The average Bonchev–Trinajstić information content (AvgIpc) is 3.40. The van der Waals surface area contributed by atoms with Crippen molar-refractivity contribution in [3.63, 3.8) is 0 Å². The maximum absolute atomic E-state index is 14.0. The van der Waals surface area contributed by atoms with E-state index in [1.165, 1.54) is 0 Å².